The van der Waals surface area contributed by atoms with Crippen molar-refractivity contribution in [3.63, 3.8) is 0 Å². The van der Waals surface area contributed by atoms with Gasteiger partial charge in [-0.2, -0.15) is 0 Å². The molecule has 0 aliphatic carbocycles. The molecule has 3 N–H and O–H groups in total. The molecule has 0 bridgehead atoms. The molecule has 0 atom stereocenters. The Kier molecular flexibility index (Phi) is 6.16. The molecule has 0 radical (unpaired) electrons. The molecule has 2 aromatic rings. The zero-order chi connectivity index (χ0) is 22.9. The van der Waals surface area contributed by atoms with Crippen molar-refractivity contribution in [1.29, 1.82) is 0 Å². The van der Waals surface area contributed by atoms with Crippen LogP contribution in [0.2, 0.25) is 25.2 Å². The van der Waals surface area contributed by atoms with Crippen LogP contribution in [0.5, 0.6) is 0 Å². The van der Waals surface area contributed by atoms with Crippen LogP contribution < -0.4 is 20.9 Å². The van der Waals surface area contributed by atoms with Gasteiger partial charge in [0.1, 0.15) is 0 Å². The van der Waals surface area contributed by atoms with E-state index in [2.05, 4.69) is 23.3 Å². The van der Waals surface area contributed by atoms with Crippen LogP contribution in [0.1, 0.15) is 23.2 Å². The highest BCUT2D eigenvalue weighted by Crippen LogP contribution is 2.33. The van der Waals surface area contributed by atoms with Crippen molar-refractivity contribution in [1.82, 2.24) is 0 Å². The third-order valence-electron chi connectivity index (χ3n) is 6.69. The Morgan fingerprint density at radius 3 is 2.38 bits per heavy atom. The summed E-state index contributed by atoms with van der Waals surface area (Å²) in [6.07, 6.45) is -0.290. The molecule has 172 valence electrons. The van der Waals surface area contributed by atoms with E-state index in [1.54, 1.807) is 12.1 Å². The molecule has 4 rings (SSSR count). The molecule has 2 saturated heterocycles. The molecule has 0 aromatic heterocycles. The first-order valence-corrected chi connectivity index (χ1v) is 14.7. The average Bonchev–Trinajstić information content (AvgIpc) is 2.74. The number of nitrogen functional groups attached to an aromatic ring is 1. The van der Waals surface area contributed by atoms with E-state index in [1.807, 2.05) is 35.2 Å². The van der Waals surface area contributed by atoms with E-state index in [1.165, 1.54) is 12.1 Å². The molecule has 2 aliphatic rings. The summed E-state index contributed by atoms with van der Waals surface area (Å²) in [7, 11) is -1.14. The second-order valence-electron chi connectivity index (χ2n) is 9.78. The van der Waals surface area contributed by atoms with Gasteiger partial charge in [0, 0.05) is 56.1 Å². The Balaban J connectivity index is 1.50. The number of carbonyl (C=O) groups excluding carboxylic acids is 1. The van der Waals surface area contributed by atoms with Gasteiger partial charge in [0.05, 0.1) is 19.3 Å². The summed E-state index contributed by atoms with van der Waals surface area (Å²) in [6.45, 7) is 7.32. The van der Waals surface area contributed by atoms with Crippen molar-refractivity contribution in [2.24, 2.45) is 0 Å². The summed E-state index contributed by atoms with van der Waals surface area (Å²) in [5.74, 6) is -2.77. The van der Waals surface area contributed by atoms with E-state index in [0.717, 1.165) is 24.5 Å². The normalized spacial score (nSPS) is 20.1. The second-order valence-corrected chi connectivity index (χ2v) is 15.1. The number of anilines is 4. The maximum atomic E-state index is 13.5. The average molecular weight is 459 g/mol. The number of nitrogens with one attached hydrogen (secondary N) is 1. The van der Waals surface area contributed by atoms with Crippen molar-refractivity contribution in [2.75, 3.05) is 47.0 Å². The zero-order valence-corrected chi connectivity index (χ0v) is 19.8. The molecule has 2 fully saturated rings. The summed E-state index contributed by atoms with van der Waals surface area (Å²) in [5.41, 5.74) is 9.67. The molecule has 0 saturated carbocycles. The number of piperidine rings is 1. The monoisotopic (exact) mass is 458 g/mol. The summed E-state index contributed by atoms with van der Waals surface area (Å²) in [4.78, 5) is 17.4. The van der Waals surface area contributed by atoms with Gasteiger partial charge in [-0.1, -0.05) is 19.2 Å². The minimum atomic E-state index is -2.58. The summed E-state index contributed by atoms with van der Waals surface area (Å²) >= 11 is 0. The fourth-order valence-corrected chi connectivity index (χ4v) is 6.43. The van der Waals surface area contributed by atoms with Crippen LogP contribution in [0.15, 0.2) is 42.5 Å². The Morgan fingerprint density at radius 2 is 1.69 bits per heavy atom. The molecule has 32 heavy (non-hydrogen) atoms. The van der Waals surface area contributed by atoms with Gasteiger partial charge < -0.3 is 20.9 Å². The third kappa shape index (κ3) is 5.23. The largest absolute Gasteiger partial charge is 0.399 e. The van der Waals surface area contributed by atoms with Gasteiger partial charge in [-0.15, -0.1) is 0 Å². The number of rotatable bonds is 4. The number of hydrogen-bond acceptors (Lipinski definition) is 4. The Morgan fingerprint density at radius 1 is 1.00 bits per heavy atom. The second kappa shape index (κ2) is 8.73. The Hall–Kier alpha value is -2.61. The topological polar surface area (TPSA) is 61.6 Å². The molecule has 1 amide bonds. The lowest BCUT2D eigenvalue weighted by molar-refractivity contribution is -0.0220. The van der Waals surface area contributed by atoms with Crippen LogP contribution in [0.4, 0.5) is 31.5 Å². The van der Waals surface area contributed by atoms with Crippen LogP contribution in [-0.2, 0) is 0 Å². The number of nitrogens with zero attached hydrogens (tertiary/aromatic N) is 2. The summed E-state index contributed by atoms with van der Waals surface area (Å²) in [5, 5.41) is 3.00. The number of hydrogen-bond donors (Lipinski definition) is 2. The van der Waals surface area contributed by atoms with Gasteiger partial charge in [0.2, 0.25) is 0 Å². The quantitative estimate of drug-likeness (QED) is 0.483. The number of amides is 1. The number of halogens is 2. The predicted molar refractivity (Wildman–Crippen MR) is 131 cm³/mol. The standard InChI is InChI=1S/C24H32F2N4OSi/c1-32(2)14-12-30(13-15-32)22-16-18(27)6-7-21(22)23(31)28-19-4-3-5-20(17-19)29-10-8-24(25,26)9-11-29/h3-7,16-17H,8-15,27H2,1-2H3,(H,28,31). The van der Waals surface area contributed by atoms with Crippen LogP contribution in [0, 0.1) is 0 Å². The van der Waals surface area contributed by atoms with Crippen LogP contribution in [0.25, 0.3) is 0 Å². The van der Waals surface area contributed by atoms with E-state index < -0.39 is 14.0 Å². The molecule has 8 heteroatoms. The first-order valence-electron chi connectivity index (χ1n) is 11.3. The van der Waals surface area contributed by atoms with Crippen molar-refractivity contribution < 1.29 is 13.6 Å². The molecular formula is C24H32F2N4OSi. The van der Waals surface area contributed by atoms with Crippen molar-refractivity contribution in [2.45, 2.75) is 43.9 Å². The van der Waals surface area contributed by atoms with E-state index in [4.69, 9.17) is 5.73 Å². The first-order chi connectivity index (χ1) is 15.1. The molecule has 2 heterocycles. The van der Waals surface area contributed by atoms with E-state index in [9.17, 15) is 13.6 Å². The Labute approximate surface area is 189 Å². The molecule has 2 aromatic carbocycles. The smallest absolute Gasteiger partial charge is 0.257 e. The molecule has 0 unspecified atom stereocenters. The lowest BCUT2D eigenvalue weighted by Gasteiger charge is -2.37. The minimum Gasteiger partial charge on any atom is -0.399 e. The van der Waals surface area contributed by atoms with E-state index in [0.29, 0.717) is 30.0 Å². The molecule has 0 spiro atoms. The highest BCUT2D eigenvalue weighted by atomic mass is 28.3. The lowest BCUT2D eigenvalue weighted by atomic mass is 10.1. The van der Waals surface area contributed by atoms with Gasteiger partial charge in [0.25, 0.3) is 11.8 Å². The molecule has 5 nitrogen and oxygen atoms in total. The van der Waals surface area contributed by atoms with Gasteiger partial charge in [-0.3, -0.25) is 4.79 Å². The van der Waals surface area contributed by atoms with E-state index >= 15 is 0 Å². The SMILES string of the molecule is C[Si]1(C)CCN(c2cc(N)ccc2C(=O)Nc2cccc(N3CCC(F)(F)CC3)c2)CC1. The molecule has 2 aliphatic heterocycles. The number of nitrogens with two attached hydrogens (primary N) is 1. The fraction of sp³-hybridized carbons (Fsp3) is 0.458. The van der Waals surface area contributed by atoms with E-state index in [-0.39, 0.29) is 18.7 Å². The van der Waals surface area contributed by atoms with Gasteiger partial charge in [-0.05, 0) is 48.5 Å². The summed E-state index contributed by atoms with van der Waals surface area (Å²) in [6, 6.07) is 15.2. The molecular weight excluding hydrogens is 426 g/mol. The predicted octanol–water partition coefficient (Wildman–Crippen LogP) is 5.29. The maximum Gasteiger partial charge on any atom is 0.257 e. The van der Waals surface area contributed by atoms with Crippen LogP contribution in [0.3, 0.4) is 0 Å². The summed E-state index contributed by atoms with van der Waals surface area (Å²) < 4.78 is 27.0. The number of benzene rings is 2. The number of carbonyl (C=O) groups is 1. The van der Waals surface area contributed by atoms with Gasteiger partial charge in [0.15, 0.2) is 0 Å². The minimum absolute atomic E-state index is 0.145. The van der Waals surface area contributed by atoms with Gasteiger partial charge in [-0.25, -0.2) is 8.78 Å². The van der Waals surface area contributed by atoms with Crippen LogP contribution in [-0.4, -0.2) is 46.1 Å². The lowest BCUT2D eigenvalue weighted by Crippen LogP contribution is -2.43. The van der Waals surface area contributed by atoms with Crippen LogP contribution >= 0.6 is 0 Å². The maximum absolute atomic E-state index is 13.5. The Bertz CT molecular complexity index is 978. The fourth-order valence-electron chi connectivity index (χ4n) is 4.43. The highest BCUT2D eigenvalue weighted by Gasteiger charge is 2.34. The van der Waals surface area contributed by atoms with Gasteiger partial charge >= 0.3 is 0 Å². The third-order valence-corrected chi connectivity index (χ3v) is 9.84. The van der Waals surface area contributed by atoms with Crippen molar-refractivity contribution >= 4 is 36.7 Å². The highest BCUT2D eigenvalue weighted by molar-refractivity contribution is 6.77. The number of alkyl halides is 2. The van der Waals surface area contributed by atoms with Crippen molar-refractivity contribution in [3.8, 4) is 0 Å². The first kappa shape index (κ1) is 22.6. The zero-order valence-electron chi connectivity index (χ0n) is 18.8. The van der Waals surface area contributed by atoms with Crippen molar-refractivity contribution in [3.05, 3.63) is 48.0 Å².